The maximum Gasteiger partial charge on any atom is 0.332 e. The molecule has 0 saturated heterocycles. The predicted octanol–water partition coefficient (Wildman–Crippen LogP) is 1.78. The summed E-state index contributed by atoms with van der Waals surface area (Å²) in [6.45, 7) is 6.70. The summed E-state index contributed by atoms with van der Waals surface area (Å²) < 4.78 is 4.33. The summed E-state index contributed by atoms with van der Waals surface area (Å²) in [7, 11) is 3.39. The van der Waals surface area contributed by atoms with Gasteiger partial charge in [0.1, 0.15) is 0 Å². The molecule has 3 aromatic rings. The molecule has 1 aromatic carbocycles. The zero-order chi connectivity index (χ0) is 17.6. The van der Waals surface area contributed by atoms with Gasteiger partial charge in [-0.1, -0.05) is 45.0 Å². The second kappa shape index (κ2) is 5.47. The van der Waals surface area contributed by atoms with Gasteiger partial charge in [0, 0.05) is 14.1 Å². The van der Waals surface area contributed by atoms with Crippen LogP contribution in [0.3, 0.4) is 0 Å². The first-order chi connectivity index (χ1) is 11.2. The van der Waals surface area contributed by atoms with Gasteiger partial charge in [0.15, 0.2) is 11.2 Å². The summed E-state index contributed by atoms with van der Waals surface area (Å²) in [5.41, 5.74) is 2.38. The third-order valence-corrected chi connectivity index (χ3v) is 4.36. The molecule has 24 heavy (non-hydrogen) atoms. The average Bonchev–Trinajstić information content (AvgIpc) is 2.91. The molecule has 0 aliphatic rings. The van der Waals surface area contributed by atoms with Gasteiger partial charge in [-0.25, -0.2) is 9.78 Å². The fourth-order valence-electron chi connectivity index (χ4n) is 2.83. The number of benzene rings is 1. The molecular weight excluding hydrogens is 304 g/mol. The number of imidazole rings is 1. The first-order valence-corrected chi connectivity index (χ1v) is 7.90. The summed E-state index contributed by atoms with van der Waals surface area (Å²) in [6.07, 6.45) is 1.55. The van der Waals surface area contributed by atoms with Crippen molar-refractivity contribution in [3.8, 4) is 0 Å². The van der Waals surface area contributed by atoms with Crippen LogP contribution in [0, 0.1) is 0 Å². The van der Waals surface area contributed by atoms with Crippen LogP contribution in [-0.2, 0) is 26.1 Å². The van der Waals surface area contributed by atoms with Gasteiger partial charge < -0.3 is 4.57 Å². The summed E-state index contributed by atoms with van der Waals surface area (Å²) in [5.74, 6) is 0. The zero-order valence-corrected chi connectivity index (χ0v) is 14.7. The van der Waals surface area contributed by atoms with Gasteiger partial charge in [0.2, 0.25) is 0 Å². The van der Waals surface area contributed by atoms with Crippen molar-refractivity contribution < 1.29 is 0 Å². The van der Waals surface area contributed by atoms with E-state index < -0.39 is 0 Å². The van der Waals surface area contributed by atoms with Gasteiger partial charge in [0.25, 0.3) is 5.56 Å². The largest absolute Gasteiger partial charge is 0.332 e. The molecule has 0 fully saturated rings. The Labute approximate surface area is 140 Å². The van der Waals surface area contributed by atoms with Crippen molar-refractivity contribution in [1.29, 1.82) is 0 Å². The molecule has 2 heterocycles. The number of hydrogen-bond donors (Lipinski definition) is 0. The average molecular weight is 326 g/mol. The summed E-state index contributed by atoms with van der Waals surface area (Å²) in [4.78, 5) is 29.4. The molecule has 0 aliphatic carbocycles. The lowest BCUT2D eigenvalue weighted by Gasteiger charge is -2.19. The Morgan fingerprint density at radius 2 is 1.67 bits per heavy atom. The first kappa shape index (κ1) is 16.2. The molecule has 2 aromatic heterocycles. The summed E-state index contributed by atoms with van der Waals surface area (Å²) in [6, 6.07) is 8.04. The van der Waals surface area contributed by atoms with E-state index in [9.17, 15) is 9.59 Å². The van der Waals surface area contributed by atoms with E-state index in [-0.39, 0.29) is 23.2 Å². The van der Waals surface area contributed by atoms with Crippen LogP contribution in [0.4, 0.5) is 0 Å². The lowest BCUT2D eigenvalue weighted by atomic mass is 9.87. The van der Waals surface area contributed by atoms with E-state index >= 15 is 0 Å². The molecule has 0 radical (unpaired) electrons. The van der Waals surface area contributed by atoms with Gasteiger partial charge in [-0.15, -0.1) is 0 Å². The summed E-state index contributed by atoms with van der Waals surface area (Å²) in [5, 5.41) is 0. The van der Waals surface area contributed by atoms with Crippen LogP contribution >= 0.6 is 0 Å². The molecule has 6 nitrogen and oxygen atoms in total. The van der Waals surface area contributed by atoms with Gasteiger partial charge in [-0.3, -0.25) is 13.9 Å². The highest BCUT2D eigenvalue weighted by Gasteiger charge is 2.16. The van der Waals surface area contributed by atoms with E-state index in [2.05, 4.69) is 25.8 Å². The number of aryl methyl sites for hydroxylation is 2. The van der Waals surface area contributed by atoms with Crippen molar-refractivity contribution in [2.75, 3.05) is 0 Å². The Hall–Kier alpha value is -2.63. The fourth-order valence-corrected chi connectivity index (χ4v) is 2.83. The predicted molar refractivity (Wildman–Crippen MR) is 94.5 cm³/mol. The topological polar surface area (TPSA) is 61.8 Å². The Balaban J connectivity index is 2.09. The van der Waals surface area contributed by atoms with Crippen LogP contribution in [0.25, 0.3) is 11.2 Å². The molecule has 0 N–H and O–H groups in total. The van der Waals surface area contributed by atoms with Gasteiger partial charge in [0.05, 0.1) is 12.9 Å². The Kier molecular flexibility index (Phi) is 3.70. The normalized spacial score (nSPS) is 12.0. The molecule has 0 bridgehead atoms. The minimum absolute atomic E-state index is 0.0686. The van der Waals surface area contributed by atoms with Crippen molar-refractivity contribution in [2.45, 2.75) is 32.7 Å². The van der Waals surface area contributed by atoms with E-state index in [1.54, 1.807) is 25.0 Å². The maximum absolute atomic E-state index is 12.7. The second-order valence-electron chi connectivity index (χ2n) is 7.21. The van der Waals surface area contributed by atoms with Crippen LogP contribution in [0.2, 0.25) is 0 Å². The van der Waals surface area contributed by atoms with E-state index in [0.717, 1.165) is 5.56 Å². The smallest absolute Gasteiger partial charge is 0.328 e. The molecule has 6 heteroatoms. The Morgan fingerprint density at radius 3 is 2.25 bits per heavy atom. The highest BCUT2D eigenvalue weighted by molar-refractivity contribution is 5.69. The van der Waals surface area contributed by atoms with Crippen molar-refractivity contribution in [1.82, 2.24) is 18.7 Å². The van der Waals surface area contributed by atoms with Gasteiger partial charge in [-0.2, -0.15) is 0 Å². The molecule has 126 valence electrons. The fraction of sp³-hybridized carbons (Fsp3) is 0.389. The lowest BCUT2D eigenvalue weighted by Crippen LogP contribution is -2.39. The Morgan fingerprint density at radius 1 is 1.04 bits per heavy atom. The molecule has 0 spiro atoms. The van der Waals surface area contributed by atoms with Crippen molar-refractivity contribution >= 4 is 11.2 Å². The number of nitrogens with zero attached hydrogens (tertiary/aromatic N) is 4. The second-order valence-corrected chi connectivity index (χ2v) is 7.21. The highest BCUT2D eigenvalue weighted by atomic mass is 16.2. The number of rotatable bonds is 2. The van der Waals surface area contributed by atoms with E-state index in [0.29, 0.717) is 11.2 Å². The molecule has 0 saturated carbocycles. The van der Waals surface area contributed by atoms with E-state index in [4.69, 9.17) is 0 Å². The molecule has 0 amide bonds. The minimum Gasteiger partial charge on any atom is -0.328 e. The standard InChI is InChI=1S/C18H22N4O2/c1-18(2,3)13-8-6-12(7-9-13)10-22-16(23)14-15(19-11-20(14)4)21(5)17(22)24/h6-9,11H,10H2,1-5H3. The first-order valence-electron chi connectivity index (χ1n) is 7.90. The molecular formula is C18H22N4O2. The quantitative estimate of drug-likeness (QED) is 0.721. The third kappa shape index (κ3) is 2.58. The molecule has 0 unspecified atom stereocenters. The van der Waals surface area contributed by atoms with Gasteiger partial charge in [-0.05, 0) is 16.5 Å². The molecule has 0 atom stereocenters. The van der Waals surface area contributed by atoms with Crippen LogP contribution < -0.4 is 11.2 Å². The number of fused-ring (bicyclic) bond motifs is 1. The Bertz CT molecular complexity index is 1010. The van der Waals surface area contributed by atoms with E-state index in [1.165, 1.54) is 14.7 Å². The maximum atomic E-state index is 12.7. The number of hydrogen-bond acceptors (Lipinski definition) is 3. The zero-order valence-electron chi connectivity index (χ0n) is 14.7. The molecule has 3 rings (SSSR count). The van der Waals surface area contributed by atoms with Crippen molar-refractivity contribution in [3.05, 3.63) is 62.6 Å². The molecule has 0 aliphatic heterocycles. The van der Waals surface area contributed by atoms with Crippen LogP contribution in [0.15, 0.2) is 40.2 Å². The van der Waals surface area contributed by atoms with Crippen molar-refractivity contribution in [2.24, 2.45) is 14.1 Å². The number of aromatic nitrogens is 4. The van der Waals surface area contributed by atoms with Gasteiger partial charge >= 0.3 is 5.69 Å². The third-order valence-electron chi connectivity index (χ3n) is 4.36. The van der Waals surface area contributed by atoms with E-state index in [1.807, 2.05) is 24.3 Å². The van der Waals surface area contributed by atoms with Crippen LogP contribution in [-0.4, -0.2) is 18.7 Å². The van der Waals surface area contributed by atoms with Crippen molar-refractivity contribution in [3.63, 3.8) is 0 Å². The summed E-state index contributed by atoms with van der Waals surface area (Å²) >= 11 is 0. The lowest BCUT2D eigenvalue weighted by molar-refractivity contribution is 0.589. The van der Waals surface area contributed by atoms with Crippen LogP contribution in [0.5, 0.6) is 0 Å². The highest BCUT2D eigenvalue weighted by Crippen LogP contribution is 2.22. The SMILES string of the molecule is Cn1cnc2c1c(=O)n(Cc1ccc(C(C)(C)C)cc1)c(=O)n2C. The monoisotopic (exact) mass is 326 g/mol. The van der Waals surface area contributed by atoms with Crippen LogP contribution in [0.1, 0.15) is 31.9 Å². The minimum atomic E-state index is -0.355.